The second-order valence-electron chi connectivity index (χ2n) is 7.97. The molecule has 2 saturated heterocycles. The van der Waals surface area contributed by atoms with E-state index >= 15 is 0 Å². The first-order valence-electron chi connectivity index (χ1n) is 8.78. The van der Waals surface area contributed by atoms with Crippen molar-refractivity contribution in [2.75, 3.05) is 53.5 Å². The van der Waals surface area contributed by atoms with Gasteiger partial charge in [-0.05, 0) is 51.1 Å². The van der Waals surface area contributed by atoms with Crippen molar-refractivity contribution in [3.63, 3.8) is 0 Å². The van der Waals surface area contributed by atoms with Gasteiger partial charge < -0.3 is 19.9 Å². The average molecular weight is 295 g/mol. The number of nitrogens with one attached hydrogen (secondary N) is 1. The van der Waals surface area contributed by atoms with Gasteiger partial charge in [0.05, 0.1) is 0 Å². The molecule has 3 fully saturated rings. The lowest BCUT2D eigenvalue weighted by atomic mass is 9.79. The zero-order valence-corrected chi connectivity index (χ0v) is 14.1. The van der Waals surface area contributed by atoms with E-state index in [1.807, 2.05) is 0 Å². The van der Waals surface area contributed by atoms with E-state index in [1.54, 1.807) is 0 Å². The summed E-state index contributed by atoms with van der Waals surface area (Å²) in [6.45, 7) is 9.25. The van der Waals surface area contributed by atoms with Crippen molar-refractivity contribution in [2.24, 2.45) is 11.3 Å². The van der Waals surface area contributed by atoms with Crippen LogP contribution in [0.1, 0.15) is 32.6 Å². The number of ether oxygens (including phenoxy) is 1. The molecule has 0 spiro atoms. The number of nitrogens with zero attached hydrogens (tertiary/aromatic N) is 2. The lowest BCUT2D eigenvalue weighted by Crippen LogP contribution is -2.47. The Balaban J connectivity index is 1.58. The van der Waals surface area contributed by atoms with Crippen molar-refractivity contribution in [2.45, 2.75) is 44.7 Å². The van der Waals surface area contributed by atoms with Crippen LogP contribution in [0.4, 0.5) is 0 Å². The minimum atomic E-state index is 0.446. The van der Waals surface area contributed by atoms with Crippen LogP contribution >= 0.6 is 0 Å². The Morgan fingerprint density at radius 1 is 1.19 bits per heavy atom. The van der Waals surface area contributed by atoms with E-state index in [0.29, 0.717) is 5.41 Å². The zero-order valence-electron chi connectivity index (χ0n) is 14.1. The molecule has 0 aromatic carbocycles. The first kappa shape index (κ1) is 15.7. The molecule has 0 aromatic heterocycles. The van der Waals surface area contributed by atoms with Crippen LogP contribution in [0.3, 0.4) is 0 Å². The van der Waals surface area contributed by atoms with Crippen molar-refractivity contribution in [3.8, 4) is 0 Å². The van der Waals surface area contributed by atoms with Crippen LogP contribution < -0.4 is 5.32 Å². The van der Waals surface area contributed by atoms with Crippen molar-refractivity contribution in [1.82, 2.24) is 15.1 Å². The van der Waals surface area contributed by atoms with E-state index in [2.05, 4.69) is 36.1 Å². The van der Waals surface area contributed by atoms with Gasteiger partial charge in [-0.1, -0.05) is 6.92 Å². The molecule has 2 unspecified atom stereocenters. The molecule has 1 aliphatic carbocycles. The molecule has 4 heteroatoms. The second-order valence-corrected chi connectivity index (χ2v) is 7.97. The van der Waals surface area contributed by atoms with E-state index in [4.69, 9.17) is 4.74 Å². The maximum absolute atomic E-state index is 5.64. The molecule has 2 aliphatic heterocycles. The summed E-state index contributed by atoms with van der Waals surface area (Å²) >= 11 is 0. The topological polar surface area (TPSA) is 27.7 Å². The first-order valence-corrected chi connectivity index (χ1v) is 8.78. The third kappa shape index (κ3) is 3.98. The third-order valence-electron chi connectivity index (χ3n) is 5.77. The van der Waals surface area contributed by atoms with E-state index in [0.717, 1.165) is 31.2 Å². The molecule has 4 nitrogen and oxygen atoms in total. The number of likely N-dealkylation sites (tertiary alicyclic amines) is 1. The number of hydrogen-bond acceptors (Lipinski definition) is 4. The van der Waals surface area contributed by atoms with Crippen LogP contribution in [0.25, 0.3) is 0 Å². The Kier molecular flexibility index (Phi) is 4.89. The van der Waals surface area contributed by atoms with Crippen LogP contribution in [0, 0.1) is 11.3 Å². The van der Waals surface area contributed by atoms with Gasteiger partial charge in [0, 0.05) is 51.5 Å². The second kappa shape index (κ2) is 6.53. The maximum atomic E-state index is 5.64. The molecule has 122 valence electrons. The average Bonchev–Trinajstić information content (AvgIpc) is 3.21. The fraction of sp³-hybridized carbons (Fsp3) is 1.00. The lowest BCUT2D eigenvalue weighted by Gasteiger charge is -2.40. The first-order chi connectivity index (χ1) is 10.1. The minimum Gasteiger partial charge on any atom is -0.381 e. The normalized spacial score (nSPS) is 33.7. The van der Waals surface area contributed by atoms with Gasteiger partial charge in [-0.3, -0.25) is 0 Å². The predicted octanol–water partition coefficient (Wildman–Crippen LogP) is 1.42. The van der Waals surface area contributed by atoms with Gasteiger partial charge in [0.2, 0.25) is 0 Å². The Labute approximate surface area is 130 Å². The van der Waals surface area contributed by atoms with Gasteiger partial charge in [0.15, 0.2) is 0 Å². The van der Waals surface area contributed by atoms with Crippen LogP contribution in [0.15, 0.2) is 0 Å². The highest BCUT2D eigenvalue weighted by atomic mass is 16.5. The Morgan fingerprint density at radius 3 is 2.48 bits per heavy atom. The van der Waals surface area contributed by atoms with Gasteiger partial charge in [-0.2, -0.15) is 0 Å². The SMILES string of the molecule is CC1CN(CC2(CNC3CC3)CCOCC2)CC1N(C)C. The molecular formula is C17H33N3O. The minimum absolute atomic E-state index is 0.446. The molecule has 0 amide bonds. The zero-order chi connectivity index (χ0) is 14.9. The molecule has 3 aliphatic rings. The van der Waals surface area contributed by atoms with Crippen molar-refractivity contribution >= 4 is 0 Å². The quantitative estimate of drug-likeness (QED) is 0.802. The van der Waals surface area contributed by atoms with Crippen LogP contribution in [-0.2, 0) is 4.74 Å². The molecule has 2 atom stereocenters. The summed E-state index contributed by atoms with van der Waals surface area (Å²) in [5, 5.41) is 3.79. The van der Waals surface area contributed by atoms with E-state index in [1.165, 1.54) is 51.9 Å². The monoisotopic (exact) mass is 295 g/mol. The third-order valence-corrected chi connectivity index (χ3v) is 5.77. The Hall–Kier alpha value is -0.160. The summed E-state index contributed by atoms with van der Waals surface area (Å²) in [4.78, 5) is 5.12. The fourth-order valence-corrected chi connectivity index (χ4v) is 4.17. The van der Waals surface area contributed by atoms with Gasteiger partial charge in [0.1, 0.15) is 0 Å². The Morgan fingerprint density at radius 2 is 1.90 bits per heavy atom. The van der Waals surface area contributed by atoms with Gasteiger partial charge >= 0.3 is 0 Å². The van der Waals surface area contributed by atoms with E-state index < -0.39 is 0 Å². The summed E-state index contributed by atoms with van der Waals surface area (Å²) in [5.41, 5.74) is 0.446. The molecule has 2 heterocycles. The summed E-state index contributed by atoms with van der Waals surface area (Å²) < 4.78 is 5.64. The highest BCUT2D eigenvalue weighted by molar-refractivity contribution is 4.94. The smallest absolute Gasteiger partial charge is 0.0472 e. The maximum Gasteiger partial charge on any atom is 0.0472 e. The number of likely N-dealkylation sites (N-methyl/N-ethyl adjacent to an activating group) is 1. The van der Waals surface area contributed by atoms with Gasteiger partial charge in [-0.25, -0.2) is 0 Å². The molecule has 0 bridgehead atoms. The molecule has 1 saturated carbocycles. The van der Waals surface area contributed by atoms with Crippen molar-refractivity contribution in [3.05, 3.63) is 0 Å². The highest BCUT2D eigenvalue weighted by Crippen LogP contribution is 2.34. The largest absolute Gasteiger partial charge is 0.381 e. The van der Waals surface area contributed by atoms with Gasteiger partial charge in [0.25, 0.3) is 0 Å². The molecule has 0 aromatic rings. The summed E-state index contributed by atoms with van der Waals surface area (Å²) in [7, 11) is 4.45. The van der Waals surface area contributed by atoms with E-state index in [9.17, 15) is 0 Å². The number of hydrogen-bond donors (Lipinski definition) is 1. The van der Waals surface area contributed by atoms with Crippen molar-refractivity contribution in [1.29, 1.82) is 0 Å². The molecule has 1 N–H and O–H groups in total. The van der Waals surface area contributed by atoms with Crippen molar-refractivity contribution < 1.29 is 4.74 Å². The molecule has 0 radical (unpaired) electrons. The summed E-state index contributed by atoms with van der Waals surface area (Å²) in [6.07, 6.45) is 5.22. The van der Waals surface area contributed by atoms with Gasteiger partial charge in [-0.15, -0.1) is 0 Å². The fourth-order valence-electron chi connectivity index (χ4n) is 4.17. The van der Waals surface area contributed by atoms with Crippen LogP contribution in [0.2, 0.25) is 0 Å². The molecular weight excluding hydrogens is 262 g/mol. The molecule has 21 heavy (non-hydrogen) atoms. The highest BCUT2D eigenvalue weighted by Gasteiger charge is 2.39. The van der Waals surface area contributed by atoms with Crippen LogP contribution in [0.5, 0.6) is 0 Å². The summed E-state index contributed by atoms with van der Waals surface area (Å²) in [5.74, 6) is 0.785. The predicted molar refractivity (Wildman–Crippen MR) is 86.6 cm³/mol. The number of rotatable bonds is 6. The molecule has 3 rings (SSSR count). The standard InChI is InChI=1S/C17H33N3O/c1-14-10-20(11-16(14)19(2)3)13-17(6-8-21-9-7-17)12-18-15-4-5-15/h14-16,18H,4-13H2,1-3H3. The summed E-state index contributed by atoms with van der Waals surface area (Å²) in [6, 6.07) is 1.54. The van der Waals surface area contributed by atoms with Crippen LogP contribution in [-0.4, -0.2) is 75.4 Å². The van der Waals surface area contributed by atoms with E-state index in [-0.39, 0.29) is 0 Å². The lowest BCUT2D eigenvalue weighted by molar-refractivity contribution is -0.00205. The Bertz CT molecular complexity index is 337.